The van der Waals surface area contributed by atoms with Crippen molar-refractivity contribution in [1.82, 2.24) is 15.1 Å². The van der Waals surface area contributed by atoms with E-state index in [-0.39, 0.29) is 6.04 Å². The molecule has 0 bridgehead atoms. The highest BCUT2D eigenvalue weighted by Gasteiger charge is 2.15. The molecule has 0 spiro atoms. The quantitative estimate of drug-likeness (QED) is 0.732. The van der Waals surface area contributed by atoms with Crippen molar-refractivity contribution in [2.45, 2.75) is 46.3 Å². The van der Waals surface area contributed by atoms with E-state index in [0.717, 1.165) is 34.1 Å². The van der Waals surface area contributed by atoms with Crippen LogP contribution >= 0.6 is 31.9 Å². The fourth-order valence-electron chi connectivity index (χ4n) is 2.37. The maximum atomic E-state index is 4.64. The molecular weight excluding hydrogens is 394 g/mol. The van der Waals surface area contributed by atoms with Crippen LogP contribution in [0.3, 0.4) is 0 Å². The normalized spacial score (nSPS) is 12.6. The molecule has 0 saturated heterocycles. The van der Waals surface area contributed by atoms with E-state index in [1.165, 1.54) is 11.3 Å². The summed E-state index contributed by atoms with van der Waals surface area (Å²) in [5, 5.41) is 8.22. The summed E-state index contributed by atoms with van der Waals surface area (Å²) in [6.07, 6.45) is 0.945. The van der Waals surface area contributed by atoms with Crippen LogP contribution in [0, 0.1) is 0 Å². The van der Waals surface area contributed by atoms with Gasteiger partial charge in [0.05, 0.1) is 15.9 Å². The Morgan fingerprint density at radius 1 is 1.24 bits per heavy atom. The first kappa shape index (κ1) is 16.7. The van der Waals surface area contributed by atoms with Crippen molar-refractivity contribution in [3.05, 3.63) is 50.2 Å². The Bertz CT molecular complexity index is 608. The number of hydrogen-bond acceptors (Lipinski definition) is 2. The first-order chi connectivity index (χ1) is 10.1. The second-order valence-corrected chi connectivity index (χ2v) is 6.65. The Morgan fingerprint density at radius 3 is 2.57 bits per heavy atom. The number of rotatable bonds is 6. The fraction of sp³-hybridized carbons (Fsp3) is 0.438. The van der Waals surface area contributed by atoms with Gasteiger partial charge in [-0.15, -0.1) is 0 Å². The third-order valence-corrected chi connectivity index (χ3v) is 5.28. The summed E-state index contributed by atoms with van der Waals surface area (Å²) in [7, 11) is 0. The number of hydrogen-bond donors (Lipinski definition) is 1. The average Bonchev–Trinajstić information content (AvgIpc) is 2.80. The molecule has 1 atom stereocenters. The Morgan fingerprint density at radius 2 is 1.95 bits per heavy atom. The molecule has 2 aromatic rings. The van der Waals surface area contributed by atoms with Crippen LogP contribution in [-0.2, 0) is 19.5 Å². The second kappa shape index (κ2) is 7.56. The molecule has 0 aliphatic rings. The molecular formula is C16H21Br2N3. The highest BCUT2D eigenvalue weighted by molar-refractivity contribution is 9.10. The van der Waals surface area contributed by atoms with Crippen LogP contribution in [0.15, 0.2) is 33.2 Å². The van der Waals surface area contributed by atoms with Gasteiger partial charge in [-0.05, 0) is 47.8 Å². The summed E-state index contributed by atoms with van der Waals surface area (Å²) in [6, 6.07) is 8.61. The smallest absolute Gasteiger partial charge is 0.0767 e. The predicted octanol–water partition coefficient (Wildman–Crippen LogP) is 4.84. The van der Waals surface area contributed by atoms with E-state index >= 15 is 0 Å². The Hall–Kier alpha value is -0.650. The minimum absolute atomic E-state index is 0.276. The van der Waals surface area contributed by atoms with E-state index in [4.69, 9.17) is 0 Å². The monoisotopic (exact) mass is 413 g/mol. The Kier molecular flexibility index (Phi) is 6.02. The van der Waals surface area contributed by atoms with Crippen molar-refractivity contribution >= 4 is 31.9 Å². The summed E-state index contributed by atoms with van der Waals surface area (Å²) < 4.78 is 4.35. The lowest BCUT2D eigenvalue weighted by Gasteiger charge is -2.16. The molecule has 1 N–H and O–H groups in total. The molecule has 0 fully saturated rings. The van der Waals surface area contributed by atoms with Gasteiger partial charge in [0.1, 0.15) is 0 Å². The van der Waals surface area contributed by atoms with Crippen LogP contribution in [0.25, 0.3) is 0 Å². The molecule has 1 heterocycles. The van der Waals surface area contributed by atoms with E-state index in [2.05, 4.69) is 85.9 Å². The van der Waals surface area contributed by atoms with Crippen molar-refractivity contribution in [3.8, 4) is 0 Å². The summed E-state index contributed by atoms with van der Waals surface area (Å²) in [6.45, 7) is 8.12. The zero-order chi connectivity index (χ0) is 15.4. The number of aromatic nitrogens is 2. The van der Waals surface area contributed by atoms with E-state index in [1.54, 1.807) is 0 Å². The molecule has 21 heavy (non-hydrogen) atoms. The van der Waals surface area contributed by atoms with Gasteiger partial charge in [0.2, 0.25) is 0 Å². The standard InChI is InChI=1S/C16H21Br2N3/c1-4-14-16(18)15(21(5-2)20-14)10-19-11(3)12-8-6-7-9-13(12)17/h6-9,11,19H,4-5,10H2,1-3H3/t11-/m0/s1. The van der Waals surface area contributed by atoms with E-state index in [9.17, 15) is 0 Å². The third kappa shape index (κ3) is 3.76. The predicted molar refractivity (Wildman–Crippen MR) is 94.4 cm³/mol. The fourth-order valence-corrected chi connectivity index (χ4v) is 3.70. The largest absolute Gasteiger partial charge is 0.304 e. The van der Waals surface area contributed by atoms with Crippen molar-refractivity contribution in [1.29, 1.82) is 0 Å². The number of halogens is 2. The SMILES string of the molecule is CCc1nn(CC)c(CN[C@@H](C)c2ccccc2Br)c1Br. The minimum Gasteiger partial charge on any atom is -0.304 e. The molecule has 0 saturated carbocycles. The molecule has 0 unspecified atom stereocenters. The molecule has 0 amide bonds. The average molecular weight is 415 g/mol. The summed E-state index contributed by atoms with van der Waals surface area (Å²) in [5.41, 5.74) is 3.61. The van der Waals surface area contributed by atoms with Crippen molar-refractivity contribution < 1.29 is 0 Å². The van der Waals surface area contributed by atoms with Crippen molar-refractivity contribution in [2.24, 2.45) is 0 Å². The van der Waals surface area contributed by atoms with Crippen LogP contribution in [0.2, 0.25) is 0 Å². The first-order valence-electron chi connectivity index (χ1n) is 7.30. The molecule has 0 aliphatic heterocycles. The van der Waals surface area contributed by atoms with Gasteiger partial charge in [-0.3, -0.25) is 4.68 Å². The number of benzene rings is 1. The second-order valence-electron chi connectivity index (χ2n) is 5.00. The first-order valence-corrected chi connectivity index (χ1v) is 8.88. The van der Waals surface area contributed by atoms with Gasteiger partial charge in [0.25, 0.3) is 0 Å². The lowest BCUT2D eigenvalue weighted by atomic mass is 10.1. The summed E-state index contributed by atoms with van der Waals surface area (Å²) >= 11 is 7.31. The summed E-state index contributed by atoms with van der Waals surface area (Å²) in [5.74, 6) is 0. The van der Waals surface area contributed by atoms with Gasteiger partial charge >= 0.3 is 0 Å². The van der Waals surface area contributed by atoms with Gasteiger partial charge in [0.15, 0.2) is 0 Å². The molecule has 114 valence electrons. The molecule has 0 radical (unpaired) electrons. The zero-order valence-corrected chi connectivity index (χ0v) is 15.8. The molecule has 1 aromatic carbocycles. The summed E-state index contributed by atoms with van der Waals surface area (Å²) in [4.78, 5) is 0. The Labute approximate surface area is 143 Å². The van der Waals surface area contributed by atoms with Crippen LogP contribution in [0.4, 0.5) is 0 Å². The van der Waals surface area contributed by atoms with Crippen molar-refractivity contribution in [3.63, 3.8) is 0 Å². The van der Waals surface area contributed by atoms with Gasteiger partial charge in [-0.25, -0.2) is 0 Å². The van der Waals surface area contributed by atoms with Crippen molar-refractivity contribution in [2.75, 3.05) is 0 Å². The number of nitrogens with zero attached hydrogens (tertiary/aromatic N) is 2. The maximum absolute atomic E-state index is 4.64. The number of nitrogens with one attached hydrogen (secondary N) is 1. The van der Waals surface area contributed by atoms with Gasteiger partial charge in [-0.2, -0.15) is 5.10 Å². The van der Waals surface area contributed by atoms with E-state index < -0.39 is 0 Å². The van der Waals surface area contributed by atoms with Crippen LogP contribution < -0.4 is 5.32 Å². The van der Waals surface area contributed by atoms with Gasteiger partial charge in [0, 0.05) is 23.6 Å². The molecule has 1 aromatic heterocycles. The zero-order valence-electron chi connectivity index (χ0n) is 12.7. The van der Waals surface area contributed by atoms with E-state index in [1.807, 2.05) is 6.07 Å². The highest BCUT2D eigenvalue weighted by atomic mass is 79.9. The lowest BCUT2D eigenvalue weighted by Crippen LogP contribution is -2.20. The lowest BCUT2D eigenvalue weighted by molar-refractivity contribution is 0.528. The molecule has 5 heteroatoms. The molecule has 0 aliphatic carbocycles. The third-order valence-electron chi connectivity index (χ3n) is 3.64. The van der Waals surface area contributed by atoms with Gasteiger partial charge in [-0.1, -0.05) is 41.1 Å². The molecule has 2 rings (SSSR count). The minimum atomic E-state index is 0.276. The van der Waals surface area contributed by atoms with Crippen LogP contribution in [-0.4, -0.2) is 9.78 Å². The maximum Gasteiger partial charge on any atom is 0.0767 e. The topological polar surface area (TPSA) is 29.9 Å². The van der Waals surface area contributed by atoms with E-state index in [0.29, 0.717) is 0 Å². The number of aryl methyl sites for hydroxylation is 2. The molecule has 3 nitrogen and oxygen atoms in total. The Balaban J connectivity index is 2.13. The van der Waals surface area contributed by atoms with Crippen LogP contribution in [0.1, 0.15) is 43.8 Å². The highest BCUT2D eigenvalue weighted by Crippen LogP contribution is 2.25. The van der Waals surface area contributed by atoms with Crippen LogP contribution in [0.5, 0.6) is 0 Å². The van der Waals surface area contributed by atoms with Gasteiger partial charge < -0.3 is 5.32 Å².